The fourth-order valence-corrected chi connectivity index (χ4v) is 3.41. The summed E-state index contributed by atoms with van der Waals surface area (Å²) in [4.78, 5) is 14.6. The molecule has 1 aromatic heterocycles. The number of methoxy groups -OCH3 is 3. The lowest BCUT2D eigenvalue weighted by Crippen LogP contribution is -2.35. The molecule has 1 aliphatic heterocycles. The standard InChI is InChI=1S/C20H27N3O4/c1-25-17-13-15(14-18(26-2)20(17)27-3)16-7-8-19(24)23(21-16)12-11-22-9-5-4-6-10-22/h7-8,13-14H,4-6,9-12H2,1-3H3. The minimum Gasteiger partial charge on any atom is -0.493 e. The van der Waals surface area contributed by atoms with Gasteiger partial charge in [0.1, 0.15) is 0 Å². The Balaban J connectivity index is 1.87. The third-order valence-electron chi connectivity index (χ3n) is 4.90. The number of ether oxygens (including phenoxy) is 3. The summed E-state index contributed by atoms with van der Waals surface area (Å²) in [6, 6.07) is 6.95. The molecular formula is C20H27N3O4. The molecule has 0 amide bonds. The second-order valence-electron chi connectivity index (χ2n) is 6.60. The predicted octanol–water partition coefficient (Wildman–Crippen LogP) is 2.42. The molecule has 1 fully saturated rings. The fraction of sp³-hybridized carbons (Fsp3) is 0.500. The van der Waals surface area contributed by atoms with E-state index in [9.17, 15) is 4.79 Å². The van der Waals surface area contributed by atoms with Crippen molar-refractivity contribution in [1.29, 1.82) is 0 Å². The van der Waals surface area contributed by atoms with E-state index >= 15 is 0 Å². The summed E-state index contributed by atoms with van der Waals surface area (Å²) in [5.41, 5.74) is 1.40. The van der Waals surface area contributed by atoms with E-state index in [2.05, 4.69) is 10.00 Å². The van der Waals surface area contributed by atoms with Crippen LogP contribution in [0.1, 0.15) is 19.3 Å². The first kappa shape index (κ1) is 19.2. The lowest BCUT2D eigenvalue weighted by Gasteiger charge is -2.26. The summed E-state index contributed by atoms with van der Waals surface area (Å²) >= 11 is 0. The molecule has 0 spiro atoms. The molecular weight excluding hydrogens is 346 g/mol. The van der Waals surface area contributed by atoms with Gasteiger partial charge in [0, 0.05) is 18.2 Å². The average molecular weight is 373 g/mol. The van der Waals surface area contributed by atoms with Crippen molar-refractivity contribution in [2.24, 2.45) is 0 Å². The number of hydrogen-bond donors (Lipinski definition) is 0. The molecule has 1 saturated heterocycles. The summed E-state index contributed by atoms with van der Waals surface area (Å²) in [6.07, 6.45) is 3.76. The summed E-state index contributed by atoms with van der Waals surface area (Å²) in [7, 11) is 4.72. The number of benzene rings is 1. The number of hydrogen-bond acceptors (Lipinski definition) is 6. The quantitative estimate of drug-likeness (QED) is 0.743. The zero-order chi connectivity index (χ0) is 19.2. The Labute approximate surface area is 159 Å². The number of aromatic nitrogens is 2. The van der Waals surface area contributed by atoms with Gasteiger partial charge >= 0.3 is 0 Å². The molecule has 2 heterocycles. The summed E-state index contributed by atoms with van der Waals surface area (Å²) in [5, 5.41) is 4.56. The largest absolute Gasteiger partial charge is 0.493 e. The van der Waals surface area contributed by atoms with Crippen molar-refractivity contribution in [3.63, 3.8) is 0 Å². The zero-order valence-electron chi connectivity index (χ0n) is 16.2. The third kappa shape index (κ3) is 4.42. The van der Waals surface area contributed by atoms with Crippen LogP contribution in [-0.2, 0) is 6.54 Å². The molecule has 1 aromatic carbocycles. The third-order valence-corrected chi connectivity index (χ3v) is 4.90. The highest BCUT2D eigenvalue weighted by Crippen LogP contribution is 2.40. The van der Waals surface area contributed by atoms with Gasteiger partial charge in [0.05, 0.1) is 33.6 Å². The minimum atomic E-state index is -0.0943. The Bertz CT molecular complexity index is 803. The normalized spacial score (nSPS) is 14.8. The first-order valence-corrected chi connectivity index (χ1v) is 9.27. The molecule has 146 valence electrons. The Hall–Kier alpha value is -2.54. The molecule has 1 aliphatic rings. The van der Waals surface area contributed by atoms with Gasteiger partial charge in [-0.3, -0.25) is 4.79 Å². The molecule has 0 bridgehead atoms. The highest BCUT2D eigenvalue weighted by Gasteiger charge is 2.16. The molecule has 0 aliphatic carbocycles. The predicted molar refractivity (Wildman–Crippen MR) is 104 cm³/mol. The second kappa shape index (κ2) is 8.90. The van der Waals surface area contributed by atoms with Gasteiger partial charge in [0.2, 0.25) is 5.75 Å². The van der Waals surface area contributed by atoms with Crippen molar-refractivity contribution in [2.75, 3.05) is 41.0 Å². The van der Waals surface area contributed by atoms with E-state index in [1.165, 1.54) is 23.9 Å². The Morgan fingerprint density at radius 3 is 2.19 bits per heavy atom. The van der Waals surface area contributed by atoms with Gasteiger partial charge in [-0.25, -0.2) is 4.68 Å². The number of nitrogens with zero attached hydrogens (tertiary/aromatic N) is 3. The van der Waals surface area contributed by atoms with E-state index in [0.29, 0.717) is 29.5 Å². The lowest BCUT2D eigenvalue weighted by atomic mass is 10.1. The van der Waals surface area contributed by atoms with Crippen LogP contribution in [0.4, 0.5) is 0 Å². The Kier molecular flexibility index (Phi) is 6.34. The molecule has 7 nitrogen and oxygen atoms in total. The van der Waals surface area contributed by atoms with Crippen LogP contribution in [0, 0.1) is 0 Å². The average Bonchev–Trinajstić information content (AvgIpc) is 2.72. The van der Waals surface area contributed by atoms with E-state index in [1.54, 1.807) is 33.5 Å². The van der Waals surface area contributed by atoms with Gasteiger partial charge in [-0.15, -0.1) is 0 Å². The SMILES string of the molecule is COc1cc(-c2ccc(=O)n(CCN3CCCCC3)n2)cc(OC)c1OC. The van der Waals surface area contributed by atoms with Crippen molar-refractivity contribution in [2.45, 2.75) is 25.8 Å². The van der Waals surface area contributed by atoms with Gasteiger partial charge in [-0.05, 0) is 44.1 Å². The summed E-state index contributed by atoms with van der Waals surface area (Å²) in [6.45, 7) is 3.62. The maximum Gasteiger partial charge on any atom is 0.266 e. The van der Waals surface area contributed by atoms with Gasteiger partial charge in [-0.1, -0.05) is 6.42 Å². The first-order chi connectivity index (χ1) is 13.2. The van der Waals surface area contributed by atoms with Gasteiger partial charge < -0.3 is 19.1 Å². The molecule has 0 atom stereocenters. The van der Waals surface area contributed by atoms with Crippen molar-refractivity contribution in [1.82, 2.24) is 14.7 Å². The van der Waals surface area contributed by atoms with Crippen molar-refractivity contribution in [3.8, 4) is 28.5 Å². The van der Waals surface area contributed by atoms with Gasteiger partial charge in [0.15, 0.2) is 11.5 Å². The van der Waals surface area contributed by atoms with Gasteiger partial charge in [0.25, 0.3) is 5.56 Å². The minimum absolute atomic E-state index is 0.0943. The second-order valence-corrected chi connectivity index (χ2v) is 6.60. The summed E-state index contributed by atoms with van der Waals surface area (Å²) in [5.74, 6) is 1.64. The zero-order valence-corrected chi connectivity index (χ0v) is 16.2. The molecule has 3 rings (SSSR count). The van der Waals surface area contributed by atoms with Crippen LogP contribution in [0.25, 0.3) is 11.3 Å². The van der Waals surface area contributed by atoms with Crippen LogP contribution in [0.5, 0.6) is 17.2 Å². The monoisotopic (exact) mass is 373 g/mol. The Morgan fingerprint density at radius 1 is 0.926 bits per heavy atom. The number of piperidine rings is 1. The van der Waals surface area contributed by atoms with Crippen LogP contribution >= 0.6 is 0 Å². The van der Waals surface area contributed by atoms with Crippen molar-refractivity contribution in [3.05, 3.63) is 34.6 Å². The smallest absolute Gasteiger partial charge is 0.266 e. The molecule has 27 heavy (non-hydrogen) atoms. The van der Waals surface area contributed by atoms with Crippen LogP contribution in [0.15, 0.2) is 29.1 Å². The van der Waals surface area contributed by atoms with E-state index in [-0.39, 0.29) is 5.56 Å². The van der Waals surface area contributed by atoms with Crippen LogP contribution in [0.3, 0.4) is 0 Å². The number of likely N-dealkylation sites (tertiary alicyclic amines) is 1. The molecule has 0 radical (unpaired) electrons. The maximum absolute atomic E-state index is 12.2. The van der Waals surface area contributed by atoms with E-state index in [0.717, 1.165) is 25.2 Å². The van der Waals surface area contributed by atoms with Crippen LogP contribution in [-0.4, -0.2) is 55.6 Å². The lowest BCUT2D eigenvalue weighted by molar-refractivity contribution is 0.216. The summed E-state index contributed by atoms with van der Waals surface area (Å²) < 4.78 is 17.7. The molecule has 0 unspecified atom stereocenters. The molecule has 7 heteroatoms. The van der Waals surface area contributed by atoms with Crippen molar-refractivity contribution < 1.29 is 14.2 Å². The van der Waals surface area contributed by atoms with Gasteiger partial charge in [-0.2, -0.15) is 5.10 Å². The topological polar surface area (TPSA) is 65.8 Å². The van der Waals surface area contributed by atoms with Crippen molar-refractivity contribution >= 4 is 0 Å². The Morgan fingerprint density at radius 2 is 1.59 bits per heavy atom. The fourth-order valence-electron chi connectivity index (χ4n) is 3.41. The molecule has 2 aromatic rings. The van der Waals surface area contributed by atoms with E-state index in [4.69, 9.17) is 14.2 Å². The first-order valence-electron chi connectivity index (χ1n) is 9.27. The van der Waals surface area contributed by atoms with E-state index in [1.807, 2.05) is 12.1 Å². The number of rotatable bonds is 7. The maximum atomic E-state index is 12.2. The van der Waals surface area contributed by atoms with E-state index < -0.39 is 0 Å². The molecule has 0 N–H and O–H groups in total. The van der Waals surface area contributed by atoms with Crippen LogP contribution < -0.4 is 19.8 Å². The highest BCUT2D eigenvalue weighted by atomic mass is 16.5. The molecule has 0 saturated carbocycles. The highest BCUT2D eigenvalue weighted by molar-refractivity contribution is 5.68. The van der Waals surface area contributed by atoms with Crippen LogP contribution in [0.2, 0.25) is 0 Å².